The molecule has 1 aromatic carbocycles. The van der Waals surface area contributed by atoms with E-state index in [0.29, 0.717) is 23.7 Å². The Hall–Kier alpha value is -3.39. The number of fused-ring (bicyclic) bond motifs is 1. The Morgan fingerprint density at radius 3 is 2.47 bits per heavy atom. The molecule has 0 spiro atoms. The van der Waals surface area contributed by atoms with Crippen LogP contribution >= 0.6 is 0 Å². The molecule has 1 fully saturated rings. The van der Waals surface area contributed by atoms with Crippen molar-refractivity contribution in [1.29, 1.82) is 0 Å². The fourth-order valence-electron chi connectivity index (χ4n) is 3.89. The molecule has 0 amide bonds. The molecule has 13 nitrogen and oxygen atoms in total. The summed E-state index contributed by atoms with van der Waals surface area (Å²) in [6.45, 7) is -0.259. The van der Waals surface area contributed by atoms with E-state index in [1.807, 2.05) is 6.07 Å². The molecule has 1 saturated heterocycles. The van der Waals surface area contributed by atoms with Gasteiger partial charge in [0.25, 0.3) is 0 Å². The van der Waals surface area contributed by atoms with Crippen LogP contribution in [0.25, 0.3) is 11.2 Å². The van der Waals surface area contributed by atoms with Gasteiger partial charge < -0.3 is 44.7 Å². The summed E-state index contributed by atoms with van der Waals surface area (Å²) in [7, 11) is 4.61. The van der Waals surface area contributed by atoms with Crippen LogP contribution in [-0.4, -0.2) is 87.7 Å². The van der Waals surface area contributed by atoms with Crippen LogP contribution in [0.4, 0.5) is 5.82 Å². The van der Waals surface area contributed by atoms with Gasteiger partial charge in [-0.2, -0.15) is 9.97 Å². The monoisotopic (exact) mass is 477 g/mol. The predicted octanol–water partition coefficient (Wildman–Crippen LogP) is -0.333. The second-order valence-electron chi connectivity index (χ2n) is 7.54. The number of ether oxygens (including phenoxy) is 5. The highest BCUT2D eigenvalue weighted by Crippen LogP contribution is 2.40. The number of aromatic nitrogens is 4. The number of nitrogens with two attached hydrogens (primary N) is 1. The SMILES string of the molecule is COc1ccc(CCOc2nc(N)c3ncn([C@@H]4O[C@H](CO)C(O)C4O)c3n2)c(OC)c1OC. The molecule has 4 rings (SSSR count). The first-order valence-corrected chi connectivity index (χ1v) is 10.5. The molecule has 0 radical (unpaired) electrons. The Morgan fingerprint density at radius 1 is 1.06 bits per heavy atom. The normalized spacial score (nSPS) is 22.2. The van der Waals surface area contributed by atoms with E-state index in [0.717, 1.165) is 5.56 Å². The number of hydrogen-bond acceptors (Lipinski definition) is 12. The summed E-state index contributed by atoms with van der Waals surface area (Å²) in [5.74, 6) is 1.63. The van der Waals surface area contributed by atoms with Gasteiger partial charge in [-0.15, -0.1) is 0 Å². The molecule has 2 unspecified atom stereocenters. The number of anilines is 1. The summed E-state index contributed by atoms with van der Waals surface area (Å²) in [6, 6.07) is 3.62. The molecular formula is C21H27N5O8. The van der Waals surface area contributed by atoms with E-state index in [4.69, 9.17) is 29.4 Å². The number of aliphatic hydroxyl groups excluding tert-OH is 3. The van der Waals surface area contributed by atoms with Gasteiger partial charge >= 0.3 is 6.01 Å². The van der Waals surface area contributed by atoms with Crippen LogP contribution in [0.1, 0.15) is 11.8 Å². The molecule has 1 aliphatic heterocycles. The molecule has 34 heavy (non-hydrogen) atoms. The molecule has 2 aromatic heterocycles. The summed E-state index contributed by atoms with van der Waals surface area (Å²) in [5.41, 5.74) is 7.39. The van der Waals surface area contributed by atoms with Gasteiger partial charge in [-0.3, -0.25) is 4.57 Å². The van der Waals surface area contributed by atoms with E-state index >= 15 is 0 Å². The first-order valence-electron chi connectivity index (χ1n) is 10.5. The Morgan fingerprint density at radius 2 is 1.82 bits per heavy atom. The van der Waals surface area contributed by atoms with Gasteiger partial charge in [0.2, 0.25) is 5.75 Å². The van der Waals surface area contributed by atoms with Gasteiger partial charge in [-0.1, -0.05) is 6.07 Å². The van der Waals surface area contributed by atoms with E-state index in [1.54, 1.807) is 20.3 Å². The zero-order valence-electron chi connectivity index (χ0n) is 18.9. The molecule has 13 heteroatoms. The second kappa shape index (κ2) is 9.85. The molecule has 0 bridgehead atoms. The predicted molar refractivity (Wildman–Crippen MR) is 118 cm³/mol. The van der Waals surface area contributed by atoms with Gasteiger partial charge in [-0.25, -0.2) is 4.98 Å². The summed E-state index contributed by atoms with van der Waals surface area (Å²) >= 11 is 0. The Balaban J connectivity index is 1.55. The van der Waals surface area contributed by atoms with Crippen LogP contribution in [0.15, 0.2) is 18.5 Å². The van der Waals surface area contributed by atoms with Crippen LogP contribution in [-0.2, 0) is 11.2 Å². The third kappa shape index (κ3) is 4.14. The molecule has 184 valence electrons. The van der Waals surface area contributed by atoms with Gasteiger partial charge in [0.15, 0.2) is 34.7 Å². The van der Waals surface area contributed by atoms with E-state index in [1.165, 1.54) is 18.0 Å². The topological polar surface area (TPSA) is 176 Å². The third-order valence-corrected chi connectivity index (χ3v) is 5.61. The minimum absolute atomic E-state index is 0.00191. The summed E-state index contributed by atoms with van der Waals surface area (Å²) in [4.78, 5) is 12.7. The number of nitrogen functional groups attached to an aromatic ring is 1. The summed E-state index contributed by atoms with van der Waals surface area (Å²) in [5, 5.41) is 29.8. The van der Waals surface area contributed by atoms with Gasteiger partial charge in [0, 0.05) is 12.0 Å². The second-order valence-corrected chi connectivity index (χ2v) is 7.54. The van der Waals surface area contributed by atoms with E-state index < -0.39 is 31.1 Å². The van der Waals surface area contributed by atoms with Crippen molar-refractivity contribution >= 4 is 17.0 Å². The van der Waals surface area contributed by atoms with Gasteiger partial charge in [0.05, 0.1) is 40.9 Å². The molecule has 3 aromatic rings. The number of benzene rings is 1. The maximum absolute atomic E-state index is 10.4. The number of imidazole rings is 1. The van der Waals surface area contributed by atoms with Crippen molar-refractivity contribution in [3.63, 3.8) is 0 Å². The van der Waals surface area contributed by atoms with Gasteiger partial charge in [0.1, 0.15) is 18.3 Å². The number of aliphatic hydroxyl groups is 3. The lowest BCUT2D eigenvalue weighted by molar-refractivity contribution is -0.0511. The molecule has 0 saturated carbocycles. The van der Waals surface area contributed by atoms with E-state index in [9.17, 15) is 15.3 Å². The number of nitrogens with zero attached hydrogens (tertiary/aromatic N) is 4. The van der Waals surface area contributed by atoms with E-state index in [-0.39, 0.29) is 29.6 Å². The smallest absolute Gasteiger partial charge is 0.320 e. The van der Waals surface area contributed by atoms with Crippen molar-refractivity contribution in [2.24, 2.45) is 0 Å². The zero-order chi connectivity index (χ0) is 24.4. The highest BCUT2D eigenvalue weighted by molar-refractivity contribution is 5.82. The Kier molecular flexibility index (Phi) is 6.88. The fourth-order valence-corrected chi connectivity index (χ4v) is 3.89. The first-order chi connectivity index (χ1) is 16.4. The molecular weight excluding hydrogens is 450 g/mol. The average molecular weight is 477 g/mol. The minimum atomic E-state index is -1.30. The largest absolute Gasteiger partial charge is 0.493 e. The van der Waals surface area contributed by atoms with Crippen molar-refractivity contribution in [2.75, 3.05) is 40.3 Å². The number of methoxy groups -OCH3 is 3. The maximum Gasteiger partial charge on any atom is 0.320 e. The lowest BCUT2D eigenvalue weighted by Crippen LogP contribution is -2.33. The van der Waals surface area contributed by atoms with Crippen LogP contribution in [0, 0.1) is 0 Å². The maximum atomic E-state index is 10.4. The molecule has 5 N–H and O–H groups in total. The lowest BCUT2D eigenvalue weighted by atomic mass is 10.1. The molecule has 3 heterocycles. The number of hydrogen-bond donors (Lipinski definition) is 4. The van der Waals surface area contributed by atoms with Crippen molar-refractivity contribution in [2.45, 2.75) is 31.0 Å². The van der Waals surface area contributed by atoms with Crippen LogP contribution < -0.4 is 24.7 Å². The number of rotatable bonds is 9. The van der Waals surface area contributed by atoms with E-state index in [2.05, 4.69) is 15.0 Å². The quantitative estimate of drug-likeness (QED) is 0.316. The highest BCUT2D eigenvalue weighted by Gasteiger charge is 2.44. The zero-order valence-corrected chi connectivity index (χ0v) is 18.9. The van der Waals surface area contributed by atoms with Crippen molar-refractivity contribution in [3.05, 3.63) is 24.0 Å². The van der Waals surface area contributed by atoms with Crippen molar-refractivity contribution in [3.8, 4) is 23.3 Å². The van der Waals surface area contributed by atoms with Gasteiger partial charge in [-0.05, 0) is 6.07 Å². The Bertz CT molecular complexity index is 1160. The molecule has 4 atom stereocenters. The Labute approximate surface area is 194 Å². The summed E-state index contributed by atoms with van der Waals surface area (Å²) < 4.78 is 28.9. The lowest BCUT2D eigenvalue weighted by Gasteiger charge is -2.17. The fraction of sp³-hybridized carbons (Fsp3) is 0.476. The highest BCUT2D eigenvalue weighted by atomic mass is 16.6. The summed E-state index contributed by atoms with van der Waals surface area (Å²) in [6.07, 6.45) is -2.71. The molecule has 0 aliphatic carbocycles. The van der Waals surface area contributed by atoms with Crippen molar-refractivity contribution < 1.29 is 39.0 Å². The van der Waals surface area contributed by atoms with Crippen LogP contribution in [0.3, 0.4) is 0 Å². The first kappa shape index (κ1) is 23.8. The van der Waals surface area contributed by atoms with Crippen LogP contribution in [0.5, 0.6) is 23.3 Å². The minimum Gasteiger partial charge on any atom is -0.493 e. The molecule has 1 aliphatic rings. The average Bonchev–Trinajstić information content (AvgIpc) is 3.39. The third-order valence-electron chi connectivity index (χ3n) is 5.61. The van der Waals surface area contributed by atoms with Crippen molar-refractivity contribution in [1.82, 2.24) is 19.5 Å². The standard InChI is InChI=1S/C21H27N5O8/c1-30-11-5-4-10(16(31-2)17(11)32-3)6-7-33-21-24-18(22)13-19(25-21)26(9-23-13)20-15(29)14(28)12(8-27)34-20/h4-5,9,12,14-15,20,27-29H,6-8H2,1-3H3,(H2,22,24,25)/t12-,14?,15?,20-/m1/s1. The van der Waals surface area contributed by atoms with Crippen LogP contribution in [0.2, 0.25) is 0 Å².